The quantitative estimate of drug-likeness (QED) is 0.927. The van der Waals surface area contributed by atoms with Crippen molar-refractivity contribution in [2.24, 2.45) is 0 Å². The number of rotatable bonds is 3. The van der Waals surface area contributed by atoms with Crippen LogP contribution in [-0.4, -0.2) is 13.4 Å². The van der Waals surface area contributed by atoms with Crippen molar-refractivity contribution in [2.45, 2.75) is 11.9 Å². The fraction of sp³-hybridized carbons (Fsp3) is 0.0833. The Morgan fingerprint density at radius 2 is 1.89 bits per heavy atom. The number of anilines is 1. The number of sulfonamides is 1. The second-order valence-electron chi connectivity index (χ2n) is 3.71. The molecule has 0 radical (unpaired) electrons. The highest BCUT2D eigenvalue weighted by Crippen LogP contribution is 2.19. The van der Waals surface area contributed by atoms with E-state index in [0.29, 0.717) is 5.69 Å². The number of nitrogens with zero attached hydrogens (tertiary/aromatic N) is 1. The molecule has 0 aliphatic rings. The van der Waals surface area contributed by atoms with E-state index in [9.17, 15) is 12.8 Å². The van der Waals surface area contributed by atoms with E-state index in [-0.39, 0.29) is 0 Å². The molecule has 0 saturated carbocycles. The van der Waals surface area contributed by atoms with Crippen LogP contribution in [0.2, 0.25) is 0 Å². The van der Waals surface area contributed by atoms with Gasteiger partial charge in [0.1, 0.15) is 0 Å². The van der Waals surface area contributed by atoms with Crippen LogP contribution in [0.5, 0.6) is 0 Å². The second-order valence-corrected chi connectivity index (χ2v) is 5.31. The van der Waals surface area contributed by atoms with E-state index in [0.717, 1.165) is 11.6 Å². The van der Waals surface area contributed by atoms with Crippen molar-refractivity contribution in [2.75, 3.05) is 4.72 Å². The van der Waals surface area contributed by atoms with Crippen LogP contribution in [0.25, 0.3) is 0 Å². The Labute approximate surface area is 105 Å². The van der Waals surface area contributed by atoms with Crippen LogP contribution in [0.3, 0.4) is 0 Å². The van der Waals surface area contributed by atoms with E-state index in [2.05, 4.69) is 9.71 Å². The van der Waals surface area contributed by atoms with Crippen molar-refractivity contribution >= 4 is 15.7 Å². The molecule has 0 spiro atoms. The Balaban J connectivity index is 2.40. The van der Waals surface area contributed by atoms with Gasteiger partial charge in [0.15, 0.2) is 5.82 Å². The molecule has 2 aromatic rings. The van der Waals surface area contributed by atoms with E-state index in [1.165, 1.54) is 12.3 Å². The average molecular weight is 266 g/mol. The smallest absolute Gasteiger partial charge is 0.278 e. The molecule has 1 N–H and O–H groups in total. The molecule has 1 aromatic heterocycles. The zero-order valence-electron chi connectivity index (χ0n) is 9.59. The van der Waals surface area contributed by atoms with Crippen molar-refractivity contribution in [1.82, 2.24) is 4.98 Å². The first-order chi connectivity index (χ1) is 8.50. The number of halogens is 1. The lowest BCUT2D eigenvalue weighted by Gasteiger charge is -2.09. The maximum Gasteiger partial charge on any atom is 0.282 e. The number of aryl methyl sites for hydroxylation is 1. The predicted molar refractivity (Wildman–Crippen MR) is 66.2 cm³/mol. The minimum atomic E-state index is -4.00. The summed E-state index contributed by atoms with van der Waals surface area (Å²) >= 11 is 0. The number of para-hydroxylation sites is 1. The molecule has 2 rings (SSSR count). The van der Waals surface area contributed by atoms with Crippen LogP contribution in [0, 0.1) is 12.7 Å². The van der Waals surface area contributed by atoms with E-state index in [1.807, 2.05) is 0 Å². The minimum Gasteiger partial charge on any atom is -0.278 e. The standard InChI is InChI=1S/C12H11FN2O2S/c1-9-5-2-3-7-11(9)15-18(16,17)12-10(13)6-4-8-14-12/h2-8,15H,1H3. The summed E-state index contributed by atoms with van der Waals surface area (Å²) in [4.78, 5) is 3.55. The Hall–Kier alpha value is -1.95. The van der Waals surface area contributed by atoms with Gasteiger partial charge in [0.2, 0.25) is 5.03 Å². The lowest BCUT2D eigenvalue weighted by Crippen LogP contribution is -2.16. The van der Waals surface area contributed by atoms with Crippen molar-refractivity contribution < 1.29 is 12.8 Å². The number of benzene rings is 1. The Kier molecular flexibility index (Phi) is 3.29. The van der Waals surface area contributed by atoms with Crippen molar-refractivity contribution in [3.05, 3.63) is 54.0 Å². The minimum absolute atomic E-state index is 0.405. The summed E-state index contributed by atoms with van der Waals surface area (Å²) in [6.45, 7) is 1.76. The number of hydrogen-bond donors (Lipinski definition) is 1. The highest BCUT2D eigenvalue weighted by Gasteiger charge is 2.20. The number of aromatic nitrogens is 1. The zero-order valence-corrected chi connectivity index (χ0v) is 10.4. The fourth-order valence-corrected chi connectivity index (χ4v) is 2.59. The van der Waals surface area contributed by atoms with Crippen molar-refractivity contribution in [1.29, 1.82) is 0 Å². The van der Waals surface area contributed by atoms with E-state index < -0.39 is 20.9 Å². The predicted octanol–water partition coefficient (Wildman–Crippen LogP) is 2.33. The number of nitrogens with one attached hydrogen (secondary N) is 1. The molecule has 0 atom stereocenters. The molecule has 0 amide bonds. The van der Waals surface area contributed by atoms with Gasteiger partial charge in [-0.15, -0.1) is 0 Å². The largest absolute Gasteiger partial charge is 0.282 e. The number of pyridine rings is 1. The van der Waals surface area contributed by atoms with Crippen LogP contribution < -0.4 is 4.72 Å². The summed E-state index contributed by atoms with van der Waals surface area (Å²) in [6.07, 6.45) is 1.23. The monoisotopic (exact) mass is 266 g/mol. The maximum absolute atomic E-state index is 13.4. The number of hydrogen-bond acceptors (Lipinski definition) is 3. The first-order valence-electron chi connectivity index (χ1n) is 5.20. The van der Waals surface area contributed by atoms with Gasteiger partial charge >= 0.3 is 0 Å². The van der Waals surface area contributed by atoms with Crippen molar-refractivity contribution in [3.63, 3.8) is 0 Å². The Bertz CT molecular complexity index is 671. The lowest BCUT2D eigenvalue weighted by atomic mass is 10.2. The van der Waals surface area contributed by atoms with E-state index >= 15 is 0 Å². The molecule has 4 nitrogen and oxygen atoms in total. The molecular weight excluding hydrogens is 255 g/mol. The highest BCUT2D eigenvalue weighted by atomic mass is 32.2. The Morgan fingerprint density at radius 3 is 2.56 bits per heavy atom. The lowest BCUT2D eigenvalue weighted by molar-refractivity contribution is 0.557. The first-order valence-corrected chi connectivity index (χ1v) is 6.68. The molecule has 0 bridgehead atoms. The molecule has 94 valence electrons. The average Bonchev–Trinajstić information content (AvgIpc) is 2.32. The van der Waals surface area contributed by atoms with Gasteiger partial charge in [-0.2, -0.15) is 8.42 Å². The normalized spacial score (nSPS) is 11.2. The van der Waals surface area contributed by atoms with E-state index in [1.54, 1.807) is 31.2 Å². The molecular formula is C12H11FN2O2S. The van der Waals surface area contributed by atoms with Gasteiger partial charge in [-0.3, -0.25) is 4.72 Å². The summed E-state index contributed by atoms with van der Waals surface area (Å²) in [6, 6.07) is 9.23. The molecule has 1 heterocycles. The van der Waals surface area contributed by atoms with Gasteiger partial charge in [0.05, 0.1) is 5.69 Å². The fourth-order valence-electron chi connectivity index (χ4n) is 1.45. The van der Waals surface area contributed by atoms with Crippen molar-refractivity contribution in [3.8, 4) is 0 Å². The van der Waals surface area contributed by atoms with E-state index in [4.69, 9.17) is 0 Å². The van der Waals surface area contributed by atoms with Gasteiger partial charge in [0, 0.05) is 6.20 Å². The maximum atomic E-state index is 13.4. The third kappa shape index (κ3) is 2.48. The van der Waals surface area contributed by atoms with Crippen LogP contribution in [0.1, 0.15) is 5.56 Å². The molecule has 1 aromatic carbocycles. The summed E-state index contributed by atoms with van der Waals surface area (Å²) < 4.78 is 39.6. The van der Waals surface area contributed by atoms with Gasteiger partial charge in [-0.25, -0.2) is 9.37 Å². The first kappa shape index (κ1) is 12.5. The van der Waals surface area contributed by atoms with Gasteiger partial charge in [-0.1, -0.05) is 18.2 Å². The zero-order chi connectivity index (χ0) is 13.2. The topological polar surface area (TPSA) is 59.1 Å². The highest BCUT2D eigenvalue weighted by molar-refractivity contribution is 7.92. The van der Waals surface area contributed by atoms with Crippen LogP contribution in [0.4, 0.5) is 10.1 Å². The van der Waals surface area contributed by atoms with Crippen LogP contribution in [0.15, 0.2) is 47.6 Å². The third-order valence-corrected chi connectivity index (χ3v) is 3.67. The summed E-state index contributed by atoms with van der Waals surface area (Å²) in [5.41, 5.74) is 1.15. The molecule has 18 heavy (non-hydrogen) atoms. The SMILES string of the molecule is Cc1ccccc1NS(=O)(=O)c1ncccc1F. The molecule has 6 heteroatoms. The van der Waals surface area contributed by atoms with Gasteiger partial charge in [-0.05, 0) is 30.7 Å². The van der Waals surface area contributed by atoms with Gasteiger partial charge < -0.3 is 0 Å². The second kappa shape index (κ2) is 4.73. The van der Waals surface area contributed by atoms with Crippen LogP contribution >= 0.6 is 0 Å². The molecule has 0 aliphatic heterocycles. The summed E-state index contributed by atoms with van der Waals surface area (Å²) in [7, 11) is -4.00. The molecule has 0 unspecified atom stereocenters. The molecule has 0 aliphatic carbocycles. The summed E-state index contributed by atoms with van der Waals surface area (Å²) in [5, 5.41) is -0.603. The van der Waals surface area contributed by atoms with Gasteiger partial charge in [0.25, 0.3) is 10.0 Å². The van der Waals surface area contributed by atoms with Crippen LogP contribution in [-0.2, 0) is 10.0 Å². The molecule has 0 fully saturated rings. The molecule has 0 saturated heterocycles. The third-order valence-electron chi connectivity index (χ3n) is 2.37. The Morgan fingerprint density at radius 1 is 1.17 bits per heavy atom. The summed E-state index contributed by atoms with van der Waals surface area (Å²) in [5.74, 6) is -0.876.